The molecular weight excluding hydrogens is 337 g/mol. The summed E-state index contributed by atoms with van der Waals surface area (Å²) in [4.78, 5) is 39.9. The Balaban J connectivity index is 2.06. The van der Waals surface area contributed by atoms with Gasteiger partial charge in [0, 0.05) is 26.1 Å². The molecular formula is C19H26FN3O3. The van der Waals surface area contributed by atoms with Crippen LogP contribution in [0.15, 0.2) is 24.3 Å². The van der Waals surface area contributed by atoms with Gasteiger partial charge in [-0.2, -0.15) is 0 Å². The van der Waals surface area contributed by atoms with Crippen LogP contribution in [0.5, 0.6) is 0 Å². The molecule has 0 spiro atoms. The van der Waals surface area contributed by atoms with Gasteiger partial charge in [0.25, 0.3) is 0 Å². The highest BCUT2D eigenvalue weighted by atomic mass is 19.1. The van der Waals surface area contributed by atoms with Crippen molar-refractivity contribution in [3.05, 3.63) is 30.1 Å². The van der Waals surface area contributed by atoms with E-state index in [4.69, 9.17) is 0 Å². The largest absolute Gasteiger partial charge is 0.355 e. The highest BCUT2D eigenvalue weighted by Gasteiger charge is 2.38. The van der Waals surface area contributed by atoms with E-state index in [-0.39, 0.29) is 42.9 Å². The van der Waals surface area contributed by atoms with E-state index in [2.05, 4.69) is 5.32 Å². The van der Waals surface area contributed by atoms with Gasteiger partial charge in [0.1, 0.15) is 5.82 Å². The van der Waals surface area contributed by atoms with Gasteiger partial charge in [-0.1, -0.05) is 26.0 Å². The molecule has 0 aliphatic carbocycles. The molecule has 1 saturated heterocycles. The Morgan fingerprint density at radius 2 is 2.00 bits per heavy atom. The molecule has 26 heavy (non-hydrogen) atoms. The number of nitrogens with one attached hydrogen (secondary N) is 1. The number of nitrogens with zero attached hydrogens (tertiary/aromatic N) is 2. The van der Waals surface area contributed by atoms with Crippen LogP contribution in [-0.2, 0) is 14.4 Å². The molecule has 1 fully saturated rings. The summed E-state index contributed by atoms with van der Waals surface area (Å²) in [6.07, 6.45) is 1.57. The summed E-state index contributed by atoms with van der Waals surface area (Å²) in [5.41, 5.74) is 0.190. The summed E-state index contributed by atoms with van der Waals surface area (Å²) < 4.78 is 14.0. The summed E-state index contributed by atoms with van der Waals surface area (Å²) >= 11 is 0. The molecule has 142 valence electrons. The average molecular weight is 363 g/mol. The second kappa shape index (κ2) is 9.31. The third kappa shape index (κ3) is 4.80. The fourth-order valence-corrected chi connectivity index (χ4v) is 3.07. The molecule has 3 amide bonds. The lowest BCUT2D eigenvalue weighted by molar-refractivity contribution is -0.139. The summed E-state index contributed by atoms with van der Waals surface area (Å²) in [6, 6.07) is 6.03. The minimum Gasteiger partial charge on any atom is -0.355 e. The van der Waals surface area contributed by atoms with Gasteiger partial charge < -0.3 is 15.1 Å². The van der Waals surface area contributed by atoms with E-state index in [0.29, 0.717) is 19.5 Å². The van der Waals surface area contributed by atoms with E-state index < -0.39 is 11.7 Å². The monoisotopic (exact) mass is 363 g/mol. The van der Waals surface area contributed by atoms with Crippen LogP contribution in [0.1, 0.15) is 33.1 Å². The summed E-state index contributed by atoms with van der Waals surface area (Å²) in [7, 11) is 0. The van der Waals surface area contributed by atoms with Crippen molar-refractivity contribution >= 4 is 23.4 Å². The van der Waals surface area contributed by atoms with E-state index in [9.17, 15) is 18.8 Å². The van der Waals surface area contributed by atoms with Crippen LogP contribution in [0.25, 0.3) is 0 Å². The van der Waals surface area contributed by atoms with Gasteiger partial charge in [-0.05, 0) is 25.0 Å². The molecule has 1 unspecified atom stereocenters. The fourth-order valence-electron chi connectivity index (χ4n) is 3.07. The van der Waals surface area contributed by atoms with Gasteiger partial charge in [0.15, 0.2) is 0 Å². The zero-order valence-electron chi connectivity index (χ0n) is 15.3. The lowest BCUT2D eigenvalue weighted by Crippen LogP contribution is -2.44. The molecule has 1 N–H and O–H groups in total. The quantitative estimate of drug-likeness (QED) is 0.767. The molecule has 1 atom stereocenters. The van der Waals surface area contributed by atoms with Crippen LogP contribution >= 0.6 is 0 Å². The predicted molar refractivity (Wildman–Crippen MR) is 97.0 cm³/mol. The Morgan fingerprint density at radius 3 is 2.65 bits per heavy atom. The van der Waals surface area contributed by atoms with Gasteiger partial charge in [-0.15, -0.1) is 0 Å². The van der Waals surface area contributed by atoms with Crippen molar-refractivity contribution in [2.45, 2.75) is 33.1 Å². The van der Waals surface area contributed by atoms with Crippen molar-refractivity contribution in [3.63, 3.8) is 0 Å². The Labute approximate surface area is 153 Å². The first-order valence-corrected chi connectivity index (χ1v) is 9.08. The summed E-state index contributed by atoms with van der Waals surface area (Å²) in [5.74, 6) is -1.76. The fraction of sp³-hybridized carbons (Fsp3) is 0.526. The minimum absolute atomic E-state index is 0.0168. The van der Waals surface area contributed by atoms with Crippen LogP contribution < -0.4 is 10.2 Å². The van der Waals surface area contributed by atoms with Crippen LogP contribution in [0.4, 0.5) is 10.1 Å². The second-order valence-electron chi connectivity index (χ2n) is 6.47. The van der Waals surface area contributed by atoms with E-state index >= 15 is 0 Å². The Bertz CT molecular complexity index is 665. The zero-order valence-corrected chi connectivity index (χ0v) is 15.3. The Morgan fingerprint density at radius 1 is 1.27 bits per heavy atom. The number of anilines is 1. The highest BCUT2D eigenvalue weighted by molar-refractivity contribution is 6.00. The van der Waals surface area contributed by atoms with Gasteiger partial charge in [0.05, 0.1) is 18.2 Å². The molecule has 1 heterocycles. The maximum Gasteiger partial charge on any atom is 0.239 e. The van der Waals surface area contributed by atoms with Crippen LogP contribution in [-0.4, -0.2) is 48.8 Å². The van der Waals surface area contributed by atoms with Crippen molar-refractivity contribution in [1.29, 1.82) is 0 Å². The molecule has 1 aliphatic rings. The topological polar surface area (TPSA) is 69.7 Å². The molecule has 0 radical (unpaired) electrons. The maximum atomic E-state index is 14.0. The molecule has 6 nitrogen and oxygen atoms in total. The molecule has 1 aliphatic heterocycles. The number of hydrogen-bond acceptors (Lipinski definition) is 3. The number of para-hydroxylation sites is 1. The first kappa shape index (κ1) is 19.9. The molecule has 1 aromatic rings. The van der Waals surface area contributed by atoms with Crippen molar-refractivity contribution in [2.75, 3.05) is 31.1 Å². The third-order valence-electron chi connectivity index (χ3n) is 4.33. The summed E-state index contributed by atoms with van der Waals surface area (Å²) in [5, 5.41) is 2.76. The number of hydrogen-bond donors (Lipinski definition) is 1. The zero-order chi connectivity index (χ0) is 19.1. The number of halogens is 1. The van der Waals surface area contributed by atoms with Crippen LogP contribution in [0.3, 0.4) is 0 Å². The normalized spacial score (nSPS) is 16.7. The van der Waals surface area contributed by atoms with Crippen LogP contribution in [0, 0.1) is 11.7 Å². The van der Waals surface area contributed by atoms with Gasteiger partial charge in [-0.25, -0.2) is 4.39 Å². The van der Waals surface area contributed by atoms with E-state index in [1.165, 1.54) is 21.9 Å². The third-order valence-corrected chi connectivity index (χ3v) is 4.33. The van der Waals surface area contributed by atoms with Gasteiger partial charge in [-0.3, -0.25) is 14.4 Å². The van der Waals surface area contributed by atoms with Gasteiger partial charge in [0.2, 0.25) is 17.7 Å². The molecule has 1 aromatic carbocycles. The molecule has 0 bridgehead atoms. The number of carbonyl (C=O) groups is 3. The molecule has 7 heteroatoms. The molecule has 0 saturated carbocycles. The number of carbonyl (C=O) groups excluding carboxylic acids is 3. The predicted octanol–water partition coefficient (Wildman–Crippen LogP) is 1.94. The van der Waals surface area contributed by atoms with E-state index in [0.717, 1.165) is 6.42 Å². The Kier molecular flexibility index (Phi) is 7.12. The smallest absolute Gasteiger partial charge is 0.239 e. The number of rotatable bonds is 8. The average Bonchev–Trinajstić information content (AvgIpc) is 3.01. The van der Waals surface area contributed by atoms with Crippen molar-refractivity contribution in [1.82, 2.24) is 10.2 Å². The van der Waals surface area contributed by atoms with Crippen LogP contribution in [0.2, 0.25) is 0 Å². The lowest BCUT2D eigenvalue weighted by Gasteiger charge is -2.25. The lowest BCUT2D eigenvalue weighted by atomic mass is 10.1. The minimum atomic E-state index is -0.562. The molecule has 0 aromatic heterocycles. The SMILES string of the molecule is CCCNC(=O)CN(CCC)C(=O)C1CC(=O)N(c2ccccc2F)C1. The van der Waals surface area contributed by atoms with E-state index in [1.54, 1.807) is 12.1 Å². The number of benzene rings is 1. The van der Waals surface area contributed by atoms with Crippen molar-refractivity contribution < 1.29 is 18.8 Å². The highest BCUT2D eigenvalue weighted by Crippen LogP contribution is 2.28. The number of amides is 3. The van der Waals surface area contributed by atoms with Gasteiger partial charge >= 0.3 is 0 Å². The Hall–Kier alpha value is -2.44. The maximum absolute atomic E-state index is 14.0. The van der Waals surface area contributed by atoms with Crippen molar-refractivity contribution in [2.24, 2.45) is 5.92 Å². The first-order valence-electron chi connectivity index (χ1n) is 9.08. The molecule has 2 rings (SSSR count). The first-order chi connectivity index (χ1) is 12.5. The standard InChI is InChI=1S/C19H26FN3O3/c1-3-9-21-17(24)13-22(10-4-2)19(26)14-11-18(25)23(12-14)16-8-6-5-7-15(16)20/h5-8,14H,3-4,9-13H2,1-2H3,(H,21,24). The van der Waals surface area contributed by atoms with E-state index in [1.807, 2.05) is 13.8 Å². The second-order valence-corrected chi connectivity index (χ2v) is 6.47. The summed E-state index contributed by atoms with van der Waals surface area (Å²) in [6.45, 7) is 5.01. The van der Waals surface area contributed by atoms with Crippen molar-refractivity contribution in [3.8, 4) is 0 Å².